The second-order valence-electron chi connectivity index (χ2n) is 5.80. The number of hydrogen-bond acceptors (Lipinski definition) is 5. The molecule has 3 heterocycles. The summed E-state index contributed by atoms with van der Waals surface area (Å²) in [7, 11) is -3.10. The molecule has 6 nitrogen and oxygen atoms in total. The Morgan fingerprint density at radius 3 is 2.67 bits per heavy atom. The molecule has 1 N–H and O–H groups in total. The molecule has 3 rings (SSSR count). The maximum absolute atomic E-state index is 12.1. The summed E-state index contributed by atoms with van der Waals surface area (Å²) in [6.45, 7) is 1.82. The molecule has 1 aromatic heterocycles. The molecule has 0 spiro atoms. The number of amides is 1. The van der Waals surface area contributed by atoms with E-state index in [0.717, 1.165) is 25.9 Å². The van der Waals surface area contributed by atoms with Crippen LogP contribution < -0.4 is 5.32 Å². The Morgan fingerprint density at radius 1 is 1.24 bits per heavy atom. The molecule has 2 saturated heterocycles. The zero-order chi connectivity index (χ0) is 14.9. The first-order valence-electron chi connectivity index (χ1n) is 7.34. The van der Waals surface area contributed by atoms with E-state index in [1.54, 1.807) is 12.1 Å². The number of hydrogen-bond donors (Lipinski definition) is 1. The Bertz CT molecular complexity index is 591. The molecule has 0 unspecified atom stereocenters. The summed E-state index contributed by atoms with van der Waals surface area (Å²) < 4.78 is 29.0. The zero-order valence-electron chi connectivity index (χ0n) is 11.8. The summed E-state index contributed by atoms with van der Waals surface area (Å²) in [5.41, 5.74) is 0. The number of nitrogens with zero attached hydrogens (tertiary/aromatic N) is 1. The fourth-order valence-electron chi connectivity index (χ4n) is 3.22. The predicted octanol–water partition coefficient (Wildman–Crippen LogP) is 0.661. The number of carbonyl (C=O) groups excluding carboxylic acids is 1. The van der Waals surface area contributed by atoms with Crippen molar-refractivity contribution in [1.29, 1.82) is 0 Å². The van der Waals surface area contributed by atoms with E-state index in [2.05, 4.69) is 10.2 Å². The van der Waals surface area contributed by atoms with Crippen molar-refractivity contribution in [1.82, 2.24) is 10.2 Å². The van der Waals surface area contributed by atoms with Crippen molar-refractivity contribution in [2.24, 2.45) is 0 Å². The first kappa shape index (κ1) is 14.6. The Kier molecular flexibility index (Phi) is 4.03. The number of rotatable bonds is 3. The molecule has 1 amide bonds. The second-order valence-corrected chi connectivity index (χ2v) is 7.95. The van der Waals surface area contributed by atoms with Crippen LogP contribution in [0.5, 0.6) is 0 Å². The molecule has 0 saturated carbocycles. The molecular formula is C14H20N2O4S. The van der Waals surface area contributed by atoms with Crippen LogP contribution in [0.2, 0.25) is 0 Å². The van der Waals surface area contributed by atoms with Gasteiger partial charge >= 0.3 is 0 Å². The fraction of sp³-hybridized carbons (Fsp3) is 0.643. The minimum absolute atomic E-state index is 0.0145. The molecule has 2 aliphatic heterocycles. The molecule has 2 aliphatic rings. The predicted molar refractivity (Wildman–Crippen MR) is 77.8 cm³/mol. The summed E-state index contributed by atoms with van der Waals surface area (Å²) in [6.07, 6.45) is 4.81. The molecule has 0 radical (unpaired) electrons. The van der Waals surface area contributed by atoms with E-state index in [-0.39, 0.29) is 35.3 Å². The highest BCUT2D eigenvalue weighted by molar-refractivity contribution is 7.91. The van der Waals surface area contributed by atoms with E-state index in [1.165, 1.54) is 12.7 Å². The van der Waals surface area contributed by atoms with Crippen molar-refractivity contribution in [2.45, 2.75) is 31.3 Å². The Hall–Kier alpha value is -1.34. The van der Waals surface area contributed by atoms with Crippen molar-refractivity contribution >= 4 is 15.7 Å². The van der Waals surface area contributed by atoms with Crippen LogP contribution in [0.4, 0.5) is 0 Å². The Morgan fingerprint density at radius 2 is 2.00 bits per heavy atom. The summed E-state index contributed by atoms with van der Waals surface area (Å²) in [4.78, 5) is 14.3. The average Bonchev–Trinajstić information content (AvgIpc) is 3.07. The second kappa shape index (κ2) is 5.81. The molecule has 7 heteroatoms. The maximum atomic E-state index is 12.1. The van der Waals surface area contributed by atoms with E-state index in [0.29, 0.717) is 0 Å². The first-order valence-corrected chi connectivity index (χ1v) is 9.16. The van der Waals surface area contributed by atoms with Crippen LogP contribution in [0.25, 0.3) is 0 Å². The van der Waals surface area contributed by atoms with Crippen molar-refractivity contribution < 1.29 is 17.6 Å². The molecule has 0 aliphatic carbocycles. The lowest BCUT2D eigenvalue weighted by molar-refractivity contribution is 0.0872. The quantitative estimate of drug-likeness (QED) is 0.887. The topological polar surface area (TPSA) is 79.6 Å². The SMILES string of the molecule is O=C(N[C@H]1CS(=O)(=O)C[C@H]1N1CCCCC1)c1ccco1. The van der Waals surface area contributed by atoms with Crippen LogP contribution in [0.1, 0.15) is 29.8 Å². The van der Waals surface area contributed by atoms with Gasteiger partial charge in [-0.05, 0) is 38.1 Å². The van der Waals surface area contributed by atoms with E-state index >= 15 is 0 Å². The highest BCUT2D eigenvalue weighted by Crippen LogP contribution is 2.22. The van der Waals surface area contributed by atoms with Gasteiger partial charge in [-0.15, -0.1) is 0 Å². The lowest BCUT2D eigenvalue weighted by Crippen LogP contribution is -2.52. The third-order valence-corrected chi connectivity index (χ3v) is 5.96. The average molecular weight is 312 g/mol. The zero-order valence-corrected chi connectivity index (χ0v) is 12.6. The maximum Gasteiger partial charge on any atom is 0.287 e. The van der Waals surface area contributed by atoms with Gasteiger partial charge < -0.3 is 9.73 Å². The van der Waals surface area contributed by atoms with E-state index in [9.17, 15) is 13.2 Å². The molecule has 21 heavy (non-hydrogen) atoms. The molecular weight excluding hydrogens is 292 g/mol. The van der Waals surface area contributed by atoms with Crippen LogP contribution in [0.3, 0.4) is 0 Å². The summed E-state index contributed by atoms with van der Waals surface area (Å²) in [6, 6.07) is 2.75. The molecule has 0 aromatic carbocycles. The van der Waals surface area contributed by atoms with Gasteiger partial charge in [-0.3, -0.25) is 9.69 Å². The van der Waals surface area contributed by atoms with Gasteiger partial charge in [-0.1, -0.05) is 6.42 Å². The van der Waals surface area contributed by atoms with Crippen molar-refractivity contribution in [3.05, 3.63) is 24.2 Å². The molecule has 2 fully saturated rings. The summed E-state index contributed by atoms with van der Waals surface area (Å²) in [5.74, 6) is 0.0253. The van der Waals surface area contributed by atoms with Crippen molar-refractivity contribution in [3.63, 3.8) is 0 Å². The minimum Gasteiger partial charge on any atom is -0.459 e. The number of sulfone groups is 1. The third kappa shape index (κ3) is 3.29. The molecule has 1 aromatic rings. The normalized spacial score (nSPS) is 29.3. The van der Waals surface area contributed by atoms with Crippen LogP contribution in [0, 0.1) is 0 Å². The van der Waals surface area contributed by atoms with Crippen LogP contribution in [-0.4, -0.2) is 55.9 Å². The van der Waals surface area contributed by atoms with Gasteiger partial charge in [0, 0.05) is 6.04 Å². The summed E-state index contributed by atoms with van der Waals surface area (Å²) in [5, 5.41) is 2.83. The van der Waals surface area contributed by atoms with Gasteiger partial charge in [0.1, 0.15) is 0 Å². The highest BCUT2D eigenvalue weighted by Gasteiger charge is 2.42. The van der Waals surface area contributed by atoms with Gasteiger partial charge in [0.25, 0.3) is 5.91 Å². The largest absolute Gasteiger partial charge is 0.459 e. The van der Waals surface area contributed by atoms with Gasteiger partial charge in [-0.2, -0.15) is 0 Å². The van der Waals surface area contributed by atoms with Crippen molar-refractivity contribution in [2.75, 3.05) is 24.6 Å². The van der Waals surface area contributed by atoms with Gasteiger partial charge in [0.05, 0.1) is 23.8 Å². The number of likely N-dealkylation sites (tertiary alicyclic amines) is 1. The van der Waals surface area contributed by atoms with E-state index in [4.69, 9.17) is 4.42 Å². The highest BCUT2D eigenvalue weighted by atomic mass is 32.2. The van der Waals surface area contributed by atoms with E-state index in [1.807, 2.05) is 0 Å². The van der Waals surface area contributed by atoms with Crippen LogP contribution in [0.15, 0.2) is 22.8 Å². The third-order valence-electron chi connectivity index (χ3n) is 4.24. The number of furan rings is 1. The van der Waals surface area contributed by atoms with Crippen LogP contribution in [-0.2, 0) is 9.84 Å². The van der Waals surface area contributed by atoms with Gasteiger partial charge in [-0.25, -0.2) is 8.42 Å². The number of piperidine rings is 1. The van der Waals surface area contributed by atoms with Crippen LogP contribution >= 0.6 is 0 Å². The lowest BCUT2D eigenvalue weighted by atomic mass is 10.0. The summed E-state index contributed by atoms with van der Waals surface area (Å²) >= 11 is 0. The fourth-order valence-corrected chi connectivity index (χ4v) is 5.18. The molecule has 0 bridgehead atoms. The number of carbonyl (C=O) groups is 1. The Labute approximate surface area is 124 Å². The van der Waals surface area contributed by atoms with E-state index < -0.39 is 9.84 Å². The lowest BCUT2D eigenvalue weighted by Gasteiger charge is -2.34. The van der Waals surface area contributed by atoms with Crippen molar-refractivity contribution in [3.8, 4) is 0 Å². The number of nitrogens with one attached hydrogen (secondary N) is 1. The van der Waals surface area contributed by atoms with Gasteiger partial charge in [0.15, 0.2) is 15.6 Å². The standard InChI is InChI=1S/C14H20N2O4S/c17-14(13-5-4-8-20-13)15-11-9-21(18,19)10-12(11)16-6-2-1-3-7-16/h4-5,8,11-12H,1-3,6-7,9-10H2,(H,15,17)/t11-,12+/m0/s1. The molecule has 116 valence electrons. The Balaban J connectivity index is 1.73. The smallest absolute Gasteiger partial charge is 0.287 e. The first-order chi connectivity index (χ1) is 10.1. The minimum atomic E-state index is -3.10. The monoisotopic (exact) mass is 312 g/mol. The van der Waals surface area contributed by atoms with Gasteiger partial charge in [0.2, 0.25) is 0 Å². The molecule has 2 atom stereocenters.